The predicted octanol–water partition coefficient (Wildman–Crippen LogP) is 6.36. The Bertz CT molecular complexity index is 928. The molecule has 3 rings (SSSR count). The minimum atomic E-state index is -0.471. The molecule has 1 saturated carbocycles. The minimum absolute atomic E-state index is 0.0875. The number of aromatic nitrogens is 2. The van der Waals surface area contributed by atoms with Gasteiger partial charge in [-0.15, -0.1) is 0 Å². The first-order valence-corrected chi connectivity index (χ1v) is 12.1. The van der Waals surface area contributed by atoms with Crippen LogP contribution in [0.4, 0.5) is 0 Å². The summed E-state index contributed by atoms with van der Waals surface area (Å²) in [7, 11) is 0. The second-order valence-electron chi connectivity index (χ2n) is 9.78. The molecule has 1 aromatic heterocycles. The number of esters is 1. The monoisotopic (exact) mass is 458 g/mol. The third-order valence-corrected chi connectivity index (χ3v) is 6.41. The number of carbonyl (C=O) groups excluding carboxylic acids is 2. The second kappa shape index (κ2) is 10.7. The molecular formula is C26H35ClN2O3. The molecule has 0 unspecified atom stereocenters. The lowest BCUT2D eigenvalue weighted by molar-refractivity contribution is -0.161. The zero-order chi connectivity index (χ0) is 23.3. The van der Waals surface area contributed by atoms with E-state index in [1.807, 2.05) is 25.3 Å². The largest absolute Gasteiger partial charge is 0.460 e. The molecule has 0 saturated heterocycles. The molecule has 0 amide bonds. The maximum Gasteiger partial charge on any atom is 0.310 e. The van der Waals surface area contributed by atoms with E-state index >= 15 is 0 Å². The van der Waals surface area contributed by atoms with Crippen molar-refractivity contribution in [1.82, 2.24) is 9.55 Å². The highest BCUT2D eigenvalue weighted by atomic mass is 35.5. The molecular weight excluding hydrogens is 424 g/mol. The lowest BCUT2D eigenvalue weighted by Crippen LogP contribution is -2.33. The maximum atomic E-state index is 12.8. The standard InChI is InChI=1S/C26H35ClN2O3/c1-5-6-11-23-28-24(27)22(17-30)29(23)16-18-12-14-19(15-13-18)20-9-7-8-10-21(20)25(31)32-26(2,3)4/h12-15,17,20-21H,5-11,16H2,1-4H3/t20-,21+/m0/s1. The number of aldehydes is 1. The molecule has 2 atom stereocenters. The fourth-order valence-corrected chi connectivity index (χ4v) is 4.78. The van der Waals surface area contributed by atoms with Crippen LogP contribution in [0.5, 0.6) is 0 Å². The van der Waals surface area contributed by atoms with E-state index in [2.05, 4.69) is 36.2 Å². The number of aryl methyl sites for hydroxylation is 1. The summed E-state index contributed by atoms with van der Waals surface area (Å²) in [5.74, 6) is 0.848. The van der Waals surface area contributed by atoms with Crippen LogP contribution in [0.25, 0.3) is 0 Å². The SMILES string of the molecule is CCCCc1nc(Cl)c(C=O)n1Cc1ccc([C@@H]2CCCC[C@H]2C(=O)OC(C)(C)C)cc1. The molecule has 6 heteroatoms. The van der Waals surface area contributed by atoms with Crippen molar-refractivity contribution in [2.45, 2.75) is 90.7 Å². The Hall–Kier alpha value is -2.14. The Labute approximate surface area is 196 Å². The minimum Gasteiger partial charge on any atom is -0.460 e. The van der Waals surface area contributed by atoms with Crippen LogP contribution in [-0.2, 0) is 22.5 Å². The molecule has 0 aliphatic heterocycles. The van der Waals surface area contributed by atoms with Gasteiger partial charge in [-0.3, -0.25) is 9.59 Å². The van der Waals surface area contributed by atoms with Gasteiger partial charge in [-0.25, -0.2) is 4.98 Å². The Morgan fingerprint density at radius 3 is 2.53 bits per heavy atom. The topological polar surface area (TPSA) is 61.2 Å². The van der Waals surface area contributed by atoms with Crippen molar-refractivity contribution in [3.8, 4) is 0 Å². The van der Waals surface area contributed by atoms with Crippen LogP contribution in [-0.4, -0.2) is 27.4 Å². The number of carbonyl (C=O) groups is 2. The molecule has 0 N–H and O–H groups in total. The van der Waals surface area contributed by atoms with Gasteiger partial charge in [0.1, 0.15) is 17.1 Å². The van der Waals surface area contributed by atoms with Crippen molar-refractivity contribution in [3.05, 3.63) is 52.1 Å². The molecule has 1 aromatic carbocycles. The number of hydrogen-bond acceptors (Lipinski definition) is 4. The van der Waals surface area contributed by atoms with Crippen LogP contribution in [0.2, 0.25) is 5.15 Å². The van der Waals surface area contributed by atoms with Crippen LogP contribution in [0.3, 0.4) is 0 Å². The quantitative estimate of drug-likeness (QED) is 0.341. The molecule has 174 valence electrons. The Morgan fingerprint density at radius 1 is 1.22 bits per heavy atom. The van der Waals surface area contributed by atoms with Crippen molar-refractivity contribution in [2.75, 3.05) is 0 Å². The lowest BCUT2D eigenvalue weighted by atomic mass is 9.75. The van der Waals surface area contributed by atoms with Gasteiger partial charge in [0.25, 0.3) is 0 Å². The number of ether oxygens (including phenoxy) is 1. The van der Waals surface area contributed by atoms with Gasteiger partial charge >= 0.3 is 5.97 Å². The van der Waals surface area contributed by atoms with Crippen molar-refractivity contribution >= 4 is 23.9 Å². The van der Waals surface area contributed by atoms with Crippen molar-refractivity contribution in [2.24, 2.45) is 5.92 Å². The number of halogens is 1. The van der Waals surface area contributed by atoms with E-state index in [9.17, 15) is 9.59 Å². The number of benzene rings is 1. The van der Waals surface area contributed by atoms with Gasteiger partial charge in [0.05, 0.1) is 5.92 Å². The van der Waals surface area contributed by atoms with Gasteiger partial charge in [-0.2, -0.15) is 0 Å². The molecule has 2 aromatic rings. The van der Waals surface area contributed by atoms with Crippen molar-refractivity contribution in [1.29, 1.82) is 0 Å². The van der Waals surface area contributed by atoms with E-state index in [1.54, 1.807) is 0 Å². The summed E-state index contributed by atoms with van der Waals surface area (Å²) in [5, 5.41) is 0.269. The van der Waals surface area contributed by atoms with Crippen LogP contribution in [0, 0.1) is 5.92 Å². The zero-order valence-corrected chi connectivity index (χ0v) is 20.5. The Balaban J connectivity index is 1.79. The molecule has 0 radical (unpaired) electrons. The zero-order valence-electron chi connectivity index (χ0n) is 19.7. The Morgan fingerprint density at radius 2 is 1.91 bits per heavy atom. The summed E-state index contributed by atoms with van der Waals surface area (Å²) in [6, 6.07) is 8.41. The first kappa shape index (κ1) is 24.5. The molecule has 32 heavy (non-hydrogen) atoms. The van der Waals surface area contributed by atoms with E-state index in [0.717, 1.165) is 62.6 Å². The first-order chi connectivity index (χ1) is 15.2. The number of nitrogens with zero attached hydrogens (tertiary/aromatic N) is 2. The van der Waals surface area contributed by atoms with E-state index < -0.39 is 5.60 Å². The van der Waals surface area contributed by atoms with Crippen LogP contribution >= 0.6 is 11.6 Å². The summed E-state index contributed by atoms with van der Waals surface area (Å²) >= 11 is 6.21. The number of imidazole rings is 1. The third kappa shape index (κ3) is 6.00. The number of hydrogen-bond donors (Lipinski definition) is 0. The average Bonchev–Trinajstić information content (AvgIpc) is 3.05. The second-order valence-corrected chi connectivity index (χ2v) is 10.1. The van der Waals surface area contributed by atoms with Crippen LogP contribution in [0.1, 0.15) is 99.6 Å². The van der Waals surface area contributed by atoms with Gasteiger partial charge in [0, 0.05) is 13.0 Å². The highest BCUT2D eigenvalue weighted by Gasteiger charge is 2.35. The normalized spacial score (nSPS) is 19.0. The van der Waals surface area contributed by atoms with Crippen molar-refractivity contribution < 1.29 is 14.3 Å². The Kier molecular flexibility index (Phi) is 8.16. The molecule has 1 heterocycles. The molecule has 0 spiro atoms. The van der Waals surface area contributed by atoms with Crippen LogP contribution in [0.15, 0.2) is 24.3 Å². The third-order valence-electron chi connectivity index (χ3n) is 6.13. The van der Waals surface area contributed by atoms with Gasteiger partial charge < -0.3 is 9.30 Å². The fraction of sp³-hybridized carbons (Fsp3) is 0.577. The summed E-state index contributed by atoms with van der Waals surface area (Å²) in [6.45, 7) is 8.43. The van der Waals surface area contributed by atoms with Gasteiger partial charge in [-0.1, -0.05) is 62.1 Å². The highest BCUT2D eigenvalue weighted by Crippen LogP contribution is 2.39. The number of unbranched alkanes of at least 4 members (excludes halogenated alkanes) is 1. The summed E-state index contributed by atoms with van der Waals surface area (Å²) in [6.07, 6.45) is 7.69. The van der Waals surface area contributed by atoms with E-state index in [1.165, 1.54) is 5.56 Å². The fourth-order valence-electron chi connectivity index (χ4n) is 4.54. The summed E-state index contributed by atoms with van der Waals surface area (Å²) in [4.78, 5) is 28.8. The maximum absolute atomic E-state index is 12.8. The smallest absolute Gasteiger partial charge is 0.310 e. The molecule has 1 aliphatic rings. The van der Waals surface area contributed by atoms with Gasteiger partial charge in [0.2, 0.25) is 0 Å². The van der Waals surface area contributed by atoms with Crippen LogP contribution < -0.4 is 0 Å². The summed E-state index contributed by atoms with van der Waals surface area (Å²) < 4.78 is 7.63. The lowest BCUT2D eigenvalue weighted by Gasteiger charge is -2.32. The summed E-state index contributed by atoms with van der Waals surface area (Å²) in [5.41, 5.74) is 2.21. The molecule has 5 nitrogen and oxygen atoms in total. The van der Waals surface area contributed by atoms with Crippen molar-refractivity contribution in [3.63, 3.8) is 0 Å². The molecule has 1 fully saturated rings. The van der Waals surface area contributed by atoms with E-state index in [0.29, 0.717) is 12.2 Å². The van der Waals surface area contributed by atoms with E-state index in [4.69, 9.17) is 16.3 Å². The molecule has 0 bridgehead atoms. The van der Waals surface area contributed by atoms with Gasteiger partial charge in [-0.05, 0) is 57.1 Å². The predicted molar refractivity (Wildman–Crippen MR) is 127 cm³/mol. The molecule has 1 aliphatic carbocycles. The first-order valence-electron chi connectivity index (χ1n) is 11.7. The average molecular weight is 459 g/mol. The highest BCUT2D eigenvalue weighted by molar-refractivity contribution is 6.31. The van der Waals surface area contributed by atoms with Gasteiger partial charge in [0.15, 0.2) is 11.4 Å². The number of rotatable bonds is 8. The van der Waals surface area contributed by atoms with E-state index in [-0.39, 0.29) is 23.0 Å².